The second-order valence-corrected chi connectivity index (χ2v) is 6.48. The van der Waals surface area contributed by atoms with Crippen molar-refractivity contribution < 1.29 is 18.4 Å². The van der Waals surface area contributed by atoms with E-state index in [1.165, 1.54) is 19.1 Å². The Balaban J connectivity index is 1.86. The van der Waals surface area contributed by atoms with Crippen LogP contribution in [0, 0.1) is 19.7 Å². The van der Waals surface area contributed by atoms with Gasteiger partial charge in [-0.25, -0.2) is 9.37 Å². The number of halogens is 1. The molecule has 4 aromatic rings. The number of hydrogen-bond donors (Lipinski definition) is 0. The van der Waals surface area contributed by atoms with E-state index < -0.39 is 5.97 Å². The average molecular weight is 380 g/mol. The van der Waals surface area contributed by atoms with Crippen LogP contribution >= 0.6 is 0 Å². The van der Waals surface area contributed by atoms with Gasteiger partial charge in [-0.3, -0.25) is 4.79 Å². The van der Waals surface area contributed by atoms with Gasteiger partial charge in [0.1, 0.15) is 11.6 Å². The van der Waals surface area contributed by atoms with Crippen LogP contribution in [-0.4, -0.2) is 25.7 Å². The Morgan fingerprint density at radius 3 is 2.64 bits per heavy atom. The van der Waals surface area contributed by atoms with Crippen LogP contribution in [0.25, 0.3) is 22.3 Å². The molecule has 28 heavy (non-hydrogen) atoms. The Hall–Kier alpha value is -3.55. The lowest BCUT2D eigenvalue weighted by Gasteiger charge is -2.10. The minimum Gasteiger partial charge on any atom is -0.407 e. The maximum Gasteiger partial charge on any atom is 0.309 e. The van der Waals surface area contributed by atoms with Crippen LogP contribution in [0.2, 0.25) is 0 Å². The molecule has 0 fully saturated rings. The molecule has 0 amide bonds. The predicted octanol–water partition coefficient (Wildman–Crippen LogP) is 3.82. The Morgan fingerprint density at radius 2 is 2.00 bits per heavy atom. The molecule has 0 saturated heterocycles. The average Bonchev–Trinajstić information content (AvgIpc) is 3.18. The van der Waals surface area contributed by atoms with Crippen LogP contribution in [0.1, 0.15) is 23.9 Å². The number of aryl methyl sites for hydroxylation is 2. The zero-order valence-electron chi connectivity index (χ0n) is 15.6. The van der Waals surface area contributed by atoms with Crippen molar-refractivity contribution in [1.29, 1.82) is 0 Å². The Morgan fingerprint density at radius 1 is 1.25 bits per heavy atom. The summed E-state index contributed by atoms with van der Waals surface area (Å²) in [5, 5.41) is 3.98. The molecule has 1 aromatic carbocycles. The van der Waals surface area contributed by atoms with E-state index >= 15 is 0 Å². The highest BCUT2D eigenvalue weighted by atomic mass is 19.1. The van der Waals surface area contributed by atoms with Gasteiger partial charge in [0.15, 0.2) is 5.65 Å². The van der Waals surface area contributed by atoms with Crippen molar-refractivity contribution in [2.45, 2.75) is 27.3 Å². The SMILES string of the molecule is CC(=O)Oc1nc2ncn(Cc3ccc(F)cc3)c2cc1-c1c(C)noc1C. The number of pyridine rings is 1. The summed E-state index contributed by atoms with van der Waals surface area (Å²) in [4.78, 5) is 20.3. The molecule has 0 atom stereocenters. The quantitative estimate of drug-likeness (QED) is 0.501. The van der Waals surface area contributed by atoms with Gasteiger partial charge >= 0.3 is 5.97 Å². The fourth-order valence-electron chi connectivity index (χ4n) is 3.14. The fraction of sp³-hybridized carbons (Fsp3) is 0.200. The lowest BCUT2D eigenvalue weighted by molar-refractivity contribution is -0.132. The summed E-state index contributed by atoms with van der Waals surface area (Å²) in [7, 11) is 0. The molecule has 0 aliphatic carbocycles. The maximum absolute atomic E-state index is 13.2. The first-order valence-electron chi connectivity index (χ1n) is 8.64. The van der Waals surface area contributed by atoms with Gasteiger partial charge in [0.25, 0.3) is 0 Å². The lowest BCUT2D eigenvalue weighted by atomic mass is 10.1. The molecule has 0 spiro atoms. The van der Waals surface area contributed by atoms with Crippen molar-refractivity contribution in [3.05, 3.63) is 59.5 Å². The van der Waals surface area contributed by atoms with Crippen molar-refractivity contribution >= 4 is 17.1 Å². The van der Waals surface area contributed by atoms with Crippen molar-refractivity contribution in [1.82, 2.24) is 19.7 Å². The molecule has 0 radical (unpaired) electrons. The molecule has 8 heteroatoms. The summed E-state index contributed by atoms with van der Waals surface area (Å²) >= 11 is 0. The van der Waals surface area contributed by atoms with Crippen LogP contribution in [0.3, 0.4) is 0 Å². The molecule has 3 aromatic heterocycles. The van der Waals surface area contributed by atoms with E-state index in [0.717, 1.165) is 16.6 Å². The van der Waals surface area contributed by atoms with E-state index in [1.807, 2.05) is 17.6 Å². The molecular weight excluding hydrogens is 363 g/mol. The molecule has 4 rings (SSSR count). The van der Waals surface area contributed by atoms with Crippen LogP contribution in [0.4, 0.5) is 4.39 Å². The zero-order valence-corrected chi connectivity index (χ0v) is 15.6. The van der Waals surface area contributed by atoms with Gasteiger partial charge in [0, 0.05) is 13.5 Å². The highest BCUT2D eigenvalue weighted by Crippen LogP contribution is 2.35. The van der Waals surface area contributed by atoms with Gasteiger partial charge in [-0.1, -0.05) is 17.3 Å². The molecule has 0 aliphatic rings. The number of carbonyl (C=O) groups is 1. The Labute approximate surface area is 159 Å². The fourth-order valence-corrected chi connectivity index (χ4v) is 3.14. The third kappa shape index (κ3) is 3.24. The Kier molecular flexibility index (Phi) is 4.38. The van der Waals surface area contributed by atoms with Crippen molar-refractivity contribution in [2.24, 2.45) is 0 Å². The molecule has 0 unspecified atom stereocenters. The first-order valence-corrected chi connectivity index (χ1v) is 8.64. The van der Waals surface area contributed by atoms with Crippen LogP contribution in [-0.2, 0) is 11.3 Å². The number of ether oxygens (including phenoxy) is 1. The van der Waals surface area contributed by atoms with E-state index in [1.54, 1.807) is 25.4 Å². The highest BCUT2D eigenvalue weighted by molar-refractivity contribution is 5.85. The molecule has 0 aliphatic heterocycles. The number of fused-ring (bicyclic) bond motifs is 1. The summed E-state index contributed by atoms with van der Waals surface area (Å²) in [5.41, 5.74) is 4.09. The van der Waals surface area contributed by atoms with Gasteiger partial charge in [-0.2, -0.15) is 4.98 Å². The van der Waals surface area contributed by atoms with Crippen molar-refractivity contribution in [3.63, 3.8) is 0 Å². The second-order valence-electron chi connectivity index (χ2n) is 6.48. The van der Waals surface area contributed by atoms with Gasteiger partial charge in [0.05, 0.1) is 28.7 Å². The van der Waals surface area contributed by atoms with Crippen molar-refractivity contribution in [2.75, 3.05) is 0 Å². The molecule has 142 valence electrons. The molecular formula is C20H17FN4O3. The minimum atomic E-state index is -0.481. The number of benzene rings is 1. The van der Waals surface area contributed by atoms with Crippen LogP contribution in [0.15, 0.2) is 41.2 Å². The van der Waals surface area contributed by atoms with Crippen molar-refractivity contribution in [3.8, 4) is 17.0 Å². The summed E-state index contributed by atoms with van der Waals surface area (Å²) < 4.78 is 25.6. The van der Waals surface area contributed by atoms with Gasteiger partial charge in [-0.15, -0.1) is 0 Å². The maximum atomic E-state index is 13.2. The number of hydrogen-bond acceptors (Lipinski definition) is 6. The number of esters is 1. The normalized spacial score (nSPS) is 11.1. The highest BCUT2D eigenvalue weighted by Gasteiger charge is 2.21. The van der Waals surface area contributed by atoms with E-state index in [2.05, 4.69) is 15.1 Å². The van der Waals surface area contributed by atoms with Crippen LogP contribution < -0.4 is 4.74 Å². The number of aromatic nitrogens is 4. The lowest BCUT2D eigenvalue weighted by Crippen LogP contribution is -2.06. The van der Waals surface area contributed by atoms with E-state index in [0.29, 0.717) is 29.2 Å². The van der Waals surface area contributed by atoms with Gasteiger partial charge in [0.2, 0.25) is 5.88 Å². The second kappa shape index (κ2) is 6.88. The molecule has 0 N–H and O–H groups in total. The van der Waals surface area contributed by atoms with Gasteiger partial charge < -0.3 is 13.8 Å². The van der Waals surface area contributed by atoms with E-state index in [4.69, 9.17) is 9.26 Å². The summed E-state index contributed by atoms with van der Waals surface area (Å²) in [6, 6.07) is 8.12. The molecule has 7 nitrogen and oxygen atoms in total. The molecule has 3 heterocycles. The third-order valence-electron chi connectivity index (χ3n) is 4.39. The summed E-state index contributed by atoms with van der Waals surface area (Å²) in [6.07, 6.45) is 1.65. The number of rotatable bonds is 4. The van der Waals surface area contributed by atoms with E-state index in [9.17, 15) is 9.18 Å². The Bertz CT molecular complexity index is 1160. The zero-order chi connectivity index (χ0) is 19.8. The molecule has 0 saturated carbocycles. The van der Waals surface area contributed by atoms with Crippen LogP contribution in [0.5, 0.6) is 5.88 Å². The smallest absolute Gasteiger partial charge is 0.309 e. The number of imidazole rings is 1. The number of nitrogens with zero attached hydrogens (tertiary/aromatic N) is 4. The first kappa shape index (κ1) is 17.8. The third-order valence-corrected chi connectivity index (χ3v) is 4.39. The van der Waals surface area contributed by atoms with E-state index in [-0.39, 0.29) is 11.7 Å². The largest absolute Gasteiger partial charge is 0.407 e. The topological polar surface area (TPSA) is 83.0 Å². The monoisotopic (exact) mass is 380 g/mol. The predicted molar refractivity (Wildman–Crippen MR) is 99.3 cm³/mol. The van der Waals surface area contributed by atoms with Gasteiger partial charge in [-0.05, 0) is 37.6 Å². The standard InChI is InChI=1S/C20H17FN4O3/c1-11-18(12(2)28-24-11)16-8-17-19(23-20(16)27-13(3)26)22-10-25(17)9-14-4-6-15(21)7-5-14/h4-8,10H,9H2,1-3H3. The molecule has 0 bridgehead atoms. The first-order chi connectivity index (χ1) is 13.4. The summed E-state index contributed by atoms with van der Waals surface area (Å²) in [6.45, 7) is 5.40. The summed E-state index contributed by atoms with van der Waals surface area (Å²) in [5.74, 6) is -0.0173. The number of carbonyl (C=O) groups excluding carboxylic acids is 1. The minimum absolute atomic E-state index is 0.154.